The normalized spacial score (nSPS) is 13.2. The molecule has 2 aromatic carbocycles. The number of nitro groups is 1. The Kier molecular flexibility index (Phi) is 4.67. The van der Waals surface area contributed by atoms with Gasteiger partial charge in [0.1, 0.15) is 0 Å². The summed E-state index contributed by atoms with van der Waals surface area (Å²) >= 11 is 5.97. The van der Waals surface area contributed by atoms with Crippen molar-refractivity contribution in [1.29, 1.82) is 0 Å². The molecule has 0 radical (unpaired) electrons. The van der Waals surface area contributed by atoms with Gasteiger partial charge < -0.3 is 10.6 Å². The molecule has 1 aliphatic rings. The second kappa shape index (κ2) is 6.90. The molecule has 0 aromatic heterocycles. The van der Waals surface area contributed by atoms with Crippen LogP contribution in [0.4, 0.5) is 17.1 Å². The van der Waals surface area contributed by atoms with Crippen molar-refractivity contribution in [2.24, 2.45) is 5.92 Å². The van der Waals surface area contributed by atoms with Crippen molar-refractivity contribution >= 4 is 40.5 Å². The lowest BCUT2D eigenvalue weighted by atomic mass is 10.2. The average molecular weight is 360 g/mol. The van der Waals surface area contributed by atoms with Crippen LogP contribution in [0.3, 0.4) is 0 Å². The van der Waals surface area contributed by atoms with Gasteiger partial charge in [-0.25, -0.2) is 0 Å². The number of benzene rings is 2. The molecule has 3 rings (SSSR count). The van der Waals surface area contributed by atoms with E-state index in [9.17, 15) is 19.7 Å². The predicted molar refractivity (Wildman–Crippen MR) is 93.9 cm³/mol. The van der Waals surface area contributed by atoms with Crippen LogP contribution in [-0.2, 0) is 4.79 Å². The number of carbonyl (C=O) groups is 2. The highest BCUT2D eigenvalue weighted by Crippen LogP contribution is 2.30. The largest absolute Gasteiger partial charge is 0.326 e. The standard InChI is InChI=1S/C17H14ClN3O4/c18-14-8-7-13(21(24)25)9-15(14)20-17(23)11-3-5-12(6-4-11)19-16(22)10-1-2-10/h3-10H,1-2H2,(H,19,22)(H,20,23). The molecule has 25 heavy (non-hydrogen) atoms. The van der Waals surface area contributed by atoms with Crippen molar-refractivity contribution in [3.05, 3.63) is 63.2 Å². The highest BCUT2D eigenvalue weighted by atomic mass is 35.5. The van der Waals surface area contributed by atoms with E-state index in [0.29, 0.717) is 11.3 Å². The molecular formula is C17H14ClN3O4. The van der Waals surface area contributed by atoms with Gasteiger partial charge in [-0.2, -0.15) is 0 Å². The maximum Gasteiger partial charge on any atom is 0.271 e. The van der Waals surface area contributed by atoms with Crippen molar-refractivity contribution in [3.63, 3.8) is 0 Å². The van der Waals surface area contributed by atoms with E-state index >= 15 is 0 Å². The van der Waals surface area contributed by atoms with Crippen molar-refractivity contribution in [1.82, 2.24) is 0 Å². The molecule has 8 heteroatoms. The maximum absolute atomic E-state index is 12.3. The highest BCUT2D eigenvalue weighted by Gasteiger charge is 2.29. The summed E-state index contributed by atoms with van der Waals surface area (Å²) < 4.78 is 0. The summed E-state index contributed by atoms with van der Waals surface area (Å²) in [5, 5.41) is 16.3. The van der Waals surface area contributed by atoms with Gasteiger partial charge in [-0.3, -0.25) is 19.7 Å². The number of nitro benzene ring substituents is 1. The molecule has 0 saturated heterocycles. The van der Waals surface area contributed by atoms with Crippen molar-refractivity contribution in [2.75, 3.05) is 10.6 Å². The topological polar surface area (TPSA) is 101 Å². The number of nitrogens with one attached hydrogen (secondary N) is 2. The predicted octanol–water partition coefficient (Wildman–Crippen LogP) is 3.85. The lowest BCUT2D eigenvalue weighted by Gasteiger charge is -2.08. The number of nitrogens with zero attached hydrogens (tertiary/aromatic N) is 1. The zero-order valence-corrected chi connectivity index (χ0v) is 13.7. The van der Waals surface area contributed by atoms with Crippen LogP contribution >= 0.6 is 11.6 Å². The van der Waals surface area contributed by atoms with E-state index in [1.54, 1.807) is 24.3 Å². The number of amides is 2. The molecule has 128 valence electrons. The summed E-state index contributed by atoms with van der Waals surface area (Å²) in [6.45, 7) is 0. The summed E-state index contributed by atoms with van der Waals surface area (Å²) in [5.41, 5.74) is 0.943. The molecule has 2 N–H and O–H groups in total. The van der Waals surface area contributed by atoms with E-state index in [4.69, 9.17) is 11.6 Å². The summed E-state index contributed by atoms with van der Waals surface area (Å²) in [5.74, 6) is -0.373. The molecule has 1 aliphatic carbocycles. The number of halogens is 1. The van der Waals surface area contributed by atoms with E-state index in [2.05, 4.69) is 10.6 Å². The Morgan fingerprint density at radius 2 is 1.76 bits per heavy atom. The van der Waals surface area contributed by atoms with Crippen LogP contribution in [0.1, 0.15) is 23.2 Å². The Labute approximate surface area is 148 Å². The van der Waals surface area contributed by atoms with E-state index in [1.807, 2.05) is 0 Å². The molecule has 0 bridgehead atoms. The molecule has 0 atom stereocenters. The van der Waals surface area contributed by atoms with Crippen molar-refractivity contribution in [2.45, 2.75) is 12.8 Å². The Balaban J connectivity index is 1.69. The first-order valence-electron chi connectivity index (χ1n) is 7.60. The van der Waals surface area contributed by atoms with Gasteiger partial charge in [0.15, 0.2) is 0 Å². The van der Waals surface area contributed by atoms with Gasteiger partial charge in [0, 0.05) is 29.3 Å². The Morgan fingerprint density at radius 3 is 2.36 bits per heavy atom. The molecule has 2 amide bonds. The van der Waals surface area contributed by atoms with Crippen LogP contribution in [-0.4, -0.2) is 16.7 Å². The minimum Gasteiger partial charge on any atom is -0.326 e. The Bertz CT molecular complexity index is 847. The molecule has 0 spiro atoms. The smallest absolute Gasteiger partial charge is 0.271 e. The van der Waals surface area contributed by atoms with Gasteiger partial charge in [-0.15, -0.1) is 0 Å². The number of non-ortho nitro benzene ring substituents is 1. The molecule has 2 aromatic rings. The number of anilines is 2. The van der Waals surface area contributed by atoms with Crippen LogP contribution in [0.25, 0.3) is 0 Å². The van der Waals surface area contributed by atoms with E-state index < -0.39 is 10.8 Å². The van der Waals surface area contributed by atoms with Gasteiger partial charge in [0.25, 0.3) is 11.6 Å². The second-order valence-corrected chi connectivity index (χ2v) is 6.12. The Morgan fingerprint density at radius 1 is 1.08 bits per heavy atom. The Hall–Kier alpha value is -2.93. The molecule has 1 saturated carbocycles. The summed E-state index contributed by atoms with van der Waals surface area (Å²) in [6.07, 6.45) is 1.83. The van der Waals surface area contributed by atoms with Crippen LogP contribution in [0.15, 0.2) is 42.5 Å². The number of carbonyl (C=O) groups excluding carboxylic acids is 2. The third-order valence-electron chi connectivity index (χ3n) is 3.77. The molecule has 0 heterocycles. The van der Waals surface area contributed by atoms with Gasteiger partial charge >= 0.3 is 0 Å². The zero-order valence-electron chi connectivity index (χ0n) is 13.0. The zero-order chi connectivity index (χ0) is 18.0. The minimum absolute atomic E-state index is 0.0134. The average Bonchev–Trinajstić information content (AvgIpc) is 3.42. The van der Waals surface area contributed by atoms with Gasteiger partial charge in [-0.1, -0.05) is 11.6 Å². The third-order valence-corrected chi connectivity index (χ3v) is 4.10. The number of rotatable bonds is 5. The first-order valence-corrected chi connectivity index (χ1v) is 7.98. The summed E-state index contributed by atoms with van der Waals surface area (Å²) in [7, 11) is 0. The van der Waals surface area contributed by atoms with Crippen LogP contribution < -0.4 is 10.6 Å². The second-order valence-electron chi connectivity index (χ2n) is 5.72. The molecule has 1 fully saturated rings. The van der Waals surface area contributed by atoms with Crippen LogP contribution in [0.2, 0.25) is 5.02 Å². The molecular weight excluding hydrogens is 346 g/mol. The fourth-order valence-corrected chi connectivity index (χ4v) is 2.38. The first kappa shape index (κ1) is 16.9. The fourth-order valence-electron chi connectivity index (χ4n) is 2.21. The van der Waals surface area contributed by atoms with E-state index in [-0.39, 0.29) is 28.2 Å². The van der Waals surface area contributed by atoms with Crippen LogP contribution in [0.5, 0.6) is 0 Å². The van der Waals surface area contributed by atoms with E-state index in [1.165, 1.54) is 18.2 Å². The quantitative estimate of drug-likeness (QED) is 0.625. The fraction of sp³-hybridized carbons (Fsp3) is 0.176. The lowest BCUT2D eigenvalue weighted by Crippen LogP contribution is -2.14. The third kappa shape index (κ3) is 4.13. The number of hydrogen-bond donors (Lipinski definition) is 2. The van der Waals surface area contributed by atoms with E-state index in [0.717, 1.165) is 12.8 Å². The monoisotopic (exact) mass is 359 g/mol. The van der Waals surface area contributed by atoms with Gasteiger partial charge in [0.05, 0.1) is 15.6 Å². The minimum atomic E-state index is -0.566. The van der Waals surface area contributed by atoms with Crippen LogP contribution in [0, 0.1) is 16.0 Å². The lowest BCUT2D eigenvalue weighted by molar-refractivity contribution is -0.384. The first-order chi connectivity index (χ1) is 11.9. The summed E-state index contributed by atoms with van der Waals surface area (Å²) in [6, 6.07) is 10.2. The molecule has 0 aliphatic heterocycles. The molecule has 7 nitrogen and oxygen atoms in total. The highest BCUT2D eigenvalue weighted by molar-refractivity contribution is 6.34. The molecule has 0 unspecified atom stereocenters. The number of hydrogen-bond acceptors (Lipinski definition) is 4. The SMILES string of the molecule is O=C(Nc1cc([N+](=O)[O-])ccc1Cl)c1ccc(NC(=O)C2CC2)cc1. The van der Waals surface area contributed by atoms with Gasteiger partial charge in [-0.05, 0) is 43.2 Å². The van der Waals surface area contributed by atoms with Gasteiger partial charge in [0.2, 0.25) is 5.91 Å². The van der Waals surface area contributed by atoms with Crippen molar-refractivity contribution < 1.29 is 14.5 Å². The summed E-state index contributed by atoms with van der Waals surface area (Å²) in [4.78, 5) is 34.2. The van der Waals surface area contributed by atoms with Crippen molar-refractivity contribution in [3.8, 4) is 0 Å². The maximum atomic E-state index is 12.3.